The van der Waals surface area contributed by atoms with Crippen LogP contribution in [-0.2, 0) is 23.9 Å². The molecule has 2 aliphatic carbocycles. The maximum Gasteiger partial charge on any atom is 0.241 e. The topological polar surface area (TPSA) is 107 Å². The lowest BCUT2D eigenvalue weighted by molar-refractivity contribution is -0.131. The second kappa shape index (κ2) is 10.9. The summed E-state index contributed by atoms with van der Waals surface area (Å²) in [5.74, 6) is -4.14. The maximum absolute atomic E-state index is 14.5. The molecule has 240 valence electrons. The number of imide groups is 2. The average Bonchev–Trinajstić information content (AvgIpc) is 3.46. The third kappa shape index (κ3) is 4.25. The normalized spacial score (nSPS) is 30.3. The number of aromatic hydroxyl groups is 1. The van der Waals surface area contributed by atoms with Crippen molar-refractivity contribution in [3.8, 4) is 5.75 Å². The monoisotopic (exact) mass is 631 g/mol. The average molecular weight is 632 g/mol. The molecular weight excluding hydrogens is 594 g/mol. The Morgan fingerprint density at radius 1 is 0.766 bits per heavy atom. The summed E-state index contributed by atoms with van der Waals surface area (Å²) in [6.07, 6.45) is 2.62. The summed E-state index contributed by atoms with van der Waals surface area (Å²) in [6.45, 7) is 6.51. The minimum absolute atomic E-state index is 0.0790. The number of aryl methyl sites for hydroxylation is 1. The summed E-state index contributed by atoms with van der Waals surface area (Å²) in [7, 11) is 0. The molecule has 3 aromatic rings. The van der Waals surface area contributed by atoms with Gasteiger partial charge < -0.3 is 14.7 Å². The first-order chi connectivity index (χ1) is 22.7. The van der Waals surface area contributed by atoms with Gasteiger partial charge in [0.25, 0.3) is 0 Å². The molecule has 3 aliphatic heterocycles. The number of allylic oxidation sites excluding steroid dienone is 2. The van der Waals surface area contributed by atoms with E-state index in [2.05, 4.69) is 4.90 Å². The number of phenolic OH excluding ortho intramolecular Hbond substituents is 1. The van der Waals surface area contributed by atoms with Crippen LogP contribution in [-0.4, -0.2) is 55.0 Å². The Balaban J connectivity index is 1.20. The fourth-order valence-corrected chi connectivity index (χ4v) is 8.99. The van der Waals surface area contributed by atoms with Crippen molar-refractivity contribution in [2.45, 2.75) is 32.6 Å². The van der Waals surface area contributed by atoms with E-state index in [1.165, 1.54) is 9.80 Å². The van der Waals surface area contributed by atoms with Gasteiger partial charge in [-0.05, 0) is 74.6 Å². The molecule has 0 aromatic heterocycles. The van der Waals surface area contributed by atoms with Gasteiger partial charge in [0.15, 0.2) is 0 Å². The third-order valence-corrected chi connectivity index (χ3v) is 11.4. The summed E-state index contributed by atoms with van der Waals surface area (Å²) in [5.41, 5.74) is 2.92. The number of morpholine rings is 1. The van der Waals surface area contributed by atoms with Gasteiger partial charge in [-0.1, -0.05) is 48.0 Å². The van der Waals surface area contributed by atoms with Gasteiger partial charge in [0, 0.05) is 30.3 Å². The predicted octanol–water partition coefficient (Wildman–Crippen LogP) is 4.97. The Morgan fingerprint density at radius 3 is 2.17 bits per heavy atom. The molecule has 1 saturated carbocycles. The molecule has 3 heterocycles. The number of nitrogens with zero attached hydrogens (tertiary/aromatic N) is 3. The highest BCUT2D eigenvalue weighted by molar-refractivity contribution is 6.25. The molecule has 0 radical (unpaired) electrons. The fourth-order valence-electron chi connectivity index (χ4n) is 8.99. The van der Waals surface area contributed by atoms with E-state index in [1.54, 1.807) is 24.3 Å². The molecule has 0 bridgehead atoms. The van der Waals surface area contributed by atoms with Crippen molar-refractivity contribution in [2.24, 2.45) is 29.1 Å². The first-order valence-corrected chi connectivity index (χ1v) is 16.4. The van der Waals surface area contributed by atoms with E-state index < -0.39 is 35.0 Å². The number of benzene rings is 3. The van der Waals surface area contributed by atoms with Gasteiger partial charge in [-0.2, -0.15) is 0 Å². The van der Waals surface area contributed by atoms with Crippen LogP contribution in [0.1, 0.15) is 36.8 Å². The van der Waals surface area contributed by atoms with Crippen molar-refractivity contribution in [1.82, 2.24) is 0 Å². The maximum atomic E-state index is 14.5. The Bertz CT molecular complexity index is 1830. The molecule has 9 heteroatoms. The summed E-state index contributed by atoms with van der Waals surface area (Å²) in [5, 5.41) is 11.4. The molecule has 0 spiro atoms. The molecule has 47 heavy (non-hydrogen) atoms. The lowest BCUT2D eigenvalue weighted by atomic mass is 9.51. The van der Waals surface area contributed by atoms with Crippen LogP contribution < -0.4 is 14.7 Å². The molecule has 5 aliphatic rings. The number of hydrogen-bond donors (Lipinski definition) is 1. The number of phenols is 1. The van der Waals surface area contributed by atoms with Crippen LogP contribution in [0.25, 0.3) is 0 Å². The lowest BCUT2D eigenvalue weighted by Gasteiger charge is -2.49. The highest BCUT2D eigenvalue weighted by atomic mass is 16.5. The second-order valence-corrected chi connectivity index (χ2v) is 13.6. The van der Waals surface area contributed by atoms with Crippen LogP contribution in [0.4, 0.5) is 17.1 Å². The van der Waals surface area contributed by atoms with Crippen molar-refractivity contribution in [2.75, 3.05) is 41.0 Å². The zero-order valence-corrected chi connectivity index (χ0v) is 26.5. The van der Waals surface area contributed by atoms with Crippen LogP contribution in [0.2, 0.25) is 0 Å². The largest absolute Gasteiger partial charge is 0.507 e. The van der Waals surface area contributed by atoms with Crippen LogP contribution >= 0.6 is 0 Å². The zero-order valence-electron chi connectivity index (χ0n) is 26.5. The van der Waals surface area contributed by atoms with Crippen molar-refractivity contribution in [3.05, 3.63) is 95.6 Å². The summed E-state index contributed by atoms with van der Waals surface area (Å²) in [6, 6.07) is 21.9. The standard InChI is InChI=1S/C38H37N3O6/c1-22-7-6-10-28(33(22)42)32-26-15-16-27-31(29(26)21-30-35(44)41(37(46)38(30,32)2)24-8-4-3-5-9-24)36(45)40(34(27)43)25-13-11-23(12-14-25)39-17-19-47-20-18-39/h3-15,27,29-32,42H,16-21H2,1-2H3/t27-,29+,30-,31-,32+,38+/m0/s1. The summed E-state index contributed by atoms with van der Waals surface area (Å²) in [4.78, 5) is 62.0. The van der Waals surface area contributed by atoms with Crippen molar-refractivity contribution >= 4 is 40.7 Å². The van der Waals surface area contributed by atoms with E-state index in [0.717, 1.165) is 24.4 Å². The first-order valence-electron chi connectivity index (χ1n) is 16.4. The molecular formula is C38H37N3O6. The number of hydrogen-bond acceptors (Lipinski definition) is 7. The van der Waals surface area contributed by atoms with Crippen molar-refractivity contribution < 1.29 is 29.0 Å². The smallest absolute Gasteiger partial charge is 0.241 e. The van der Waals surface area contributed by atoms with E-state index in [9.17, 15) is 24.3 Å². The Labute approximate surface area is 273 Å². The summed E-state index contributed by atoms with van der Waals surface area (Å²) >= 11 is 0. The molecule has 4 amide bonds. The highest BCUT2D eigenvalue weighted by Crippen LogP contribution is 2.64. The molecule has 3 saturated heterocycles. The van der Waals surface area contributed by atoms with Crippen molar-refractivity contribution in [3.63, 3.8) is 0 Å². The number of fused-ring (bicyclic) bond motifs is 4. The molecule has 9 nitrogen and oxygen atoms in total. The van der Waals surface area contributed by atoms with E-state index >= 15 is 0 Å². The minimum Gasteiger partial charge on any atom is -0.507 e. The van der Waals surface area contributed by atoms with E-state index in [-0.39, 0.29) is 35.8 Å². The zero-order chi connectivity index (χ0) is 32.6. The van der Waals surface area contributed by atoms with E-state index in [0.29, 0.717) is 42.1 Å². The van der Waals surface area contributed by atoms with Crippen LogP contribution in [0, 0.1) is 36.0 Å². The van der Waals surface area contributed by atoms with Crippen LogP contribution in [0.15, 0.2) is 84.4 Å². The number of amides is 4. The number of anilines is 3. The molecule has 6 atom stereocenters. The Hall–Kier alpha value is -4.76. The van der Waals surface area contributed by atoms with Crippen molar-refractivity contribution in [1.29, 1.82) is 0 Å². The molecule has 4 fully saturated rings. The SMILES string of the molecule is Cc1cccc([C@H]2C3=CC[C@@H]4C(=O)N(c5ccc(N6CCOCC6)cc5)C(=O)[C@@H]4[C@@H]3C[C@H]3C(=O)N(c4ccccc4)C(=O)[C@@]23C)c1O. The molecule has 3 aromatic carbocycles. The van der Waals surface area contributed by atoms with Gasteiger partial charge in [-0.15, -0.1) is 0 Å². The quantitative estimate of drug-likeness (QED) is 0.320. The number of rotatable bonds is 4. The minimum atomic E-state index is -1.20. The molecule has 0 unspecified atom stereocenters. The lowest BCUT2D eigenvalue weighted by Crippen LogP contribution is -2.49. The molecule has 8 rings (SSSR count). The predicted molar refractivity (Wildman–Crippen MR) is 176 cm³/mol. The Kier molecular flexibility index (Phi) is 6.88. The van der Waals surface area contributed by atoms with Gasteiger partial charge in [-0.3, -0.25) is 24.1 Å². The number of ether oxygens (including phenoxy) is 1. The number of carbonyl (C=O) groups is 4. The van der Waals surface area contributed by atoms with Gasteiger partial charge in [0.05, 0.1) is 47.8 Å². The van der Waals surface area contributed by atoms with Gasteiger partial charge >= 0.3 is 0 Å². The number of para-hydroxylation sites is 2. The second-order valence-electron chi connectivity index (χ2n) is 13.6. The first kappa shape index (κ1) is 29.6. The number of carbonyl (C=O) groups excluding carboxylic acids is 4. The van der Waals surface area contributed by atoms with Crippen LogP contribution in [0.3, 0.4) is 0 Å². The highest BCUT2D eigenvalue weighted by Gasteiger charge is 2.68. The van der Waals surface area contributed by atoms with Crippen LogP contribution in [0.5, 0.6) is 5.75 Å². The van der Waals surface area contributed by atoms with Gasteiger partial charge in [0.1, 0.15) is 5.75 Å². The molecule has 1 N–H and O–H groups in total. The Morgan fingerprint density at radius 2 is 1.45 bits per heavy atom. The van der Waals surface area contributed by atoms with Gasteiger partial charge in [0.2, 0.25) is 23.6 Å². The summed E-state index contributed by atoms with van der Waals surface area (Å²) < 4.78 is 5.47. The fraction of sp³-hybridized carbons (Fsp3) is 0.368. The van der Waals surface area contributed by atoms with Gasteiger partial charge in [-0.25, -0.2) is 4.90 Å². The third-order valence-electron chi connectivity index (χ3n) is 11.4. The van der Waals surface area contributed by atoms with E-state index in [4.69, 9.17) is 4.74 Å². The van der Waals surface area contributed by atoms with E-state index in [1.807, 2.05) is 68.5 Å².